The van der Waals surface area contributed by atoms with Gasteiger partial charge in [-0.15, -0.1) is 10.2 Å². The van der Waals surface area contributed by atoms with E-state index in [-0.39, 0.29) is 5.97 Å². The third-order valence-electron chi connectivity index (χ3n) is 3.46. The Kier molecular flexibility index (Phi) is 5.52. The Balaban J connectivity index is 2.43. The van der Waals surface area contributed by atoms with Crippen LogP contribution in [0.25, 0.3) is 5.69 Å². The molecular weight excluding hydrogens is 280 g/mol. The zero-order chi connectivity index (χ0) is 15.9. The number of nitrogens with zero attached hydrogens (tertiary/aromatic N) is 4. The summed E-state index contributed by atoms with van der Waals surface area (Å²) in [6.07, 6.45) is 4.01. The van der Waals surface area contributed by atoms with E-state index in [1.807, 2.05) is 25.1 Å². The predicted molar refractivity (Wildman–Crippen MR) is 85.5 cm³/mol. The van der Waals surface area contributed by atoms with Crippen LogP contribution in [0.1, 0.15) is 37.6 Å². The summed E-state index contributed by atoms with van der Waals surface area (Å²) in [4.78, 5) is 14.5. The predicted octanol–water partition coefficient (Wildman–Crippen LogP) is 2.68. The lowest BCUT2D eigenvalue weighted by atomic mass is 10.1. The molecule has 0 unspecified atom stereocenters. The Morgan fingerprint density at radius 2 is 1.86 bits per heavy atom. The molecule has 2 rings (SSSR count). The number of hydrogen-bond acceptors (Lipinski definition) is 5. The molecule has 1 aromatic heterocycles. The van der Waals surface area contributed by atoms with E-state index < -0.39 is 0 Å². The summed E-state index contributed by atoms with van der Waals surface area (Å²) in [6.45, 7) is 8.20. The van der Waals surface area contributed by atoms with E-state index in [0.29, 0.717) is 12.2 Å². The molecule has 0 bridgehead atoms. The molecule has 0 atom stereocenters. The van der Waals surface area contributed by atoms with Gasteiger partial charge in [0.15, 0.2) is 0 Å². The fourth-order valence-corrected chi connectivity index (χ4v) is 2.29. The smallest absolute Gasteiger partial charge is 0.340 e. The van der Waals surface area contributed by atoms with E-state index in [9.17, 15) is 4.79 Å². The molecule has 0 amide bonds. The van der Waals surface area contributed by atoms with Crippen LogP contribution in [0.4, 0.5) is 5.69 Å². The van der Waals surface area contributed by atoms with Crippen LogP contribution in [0.15, 0.2) is 30.9 Å². The molecule has 0 aliphatic heterocycles. The molecule has 1 aromatic carbocycles. The van der Waals surface area contributed by atoms with Crippen molar-refractivity contribution in [3.63, 3.8) is 0 Å². The minimum atomic E-state index is -0.293. The maximum Gasteiger partial charge on any atom is 0.340 e. The van der Waals surface area contributed by atoms with E-state index in [0.717, 1.165) is 30.9 Å². The van der Waals surface area contributed by atoms with Crippen molar-refractivity contribution in [3.05, 3.63) is 36.4 Å². The van der Waals surface area contributed by atoms with Gasteiger partial charge in [0.1, 0.15) is 12.7 Å². The summed E-state index contributed by atoms with van der Waals surface area (Å²) in [6, 6.07) is 5.73. The second-order valence-corrected chi connectivity index (χ2v) is 4.88. The maximum absolute atomic E-state index is 12.4. The first kappa shape index (κ1) is 16.0. The molecule has 0 radical (unpaired) electrons. The topological polar surface area (TPSA) is 60.3 Å². The molecule has 0 saturated carbocycles. The Hall–Kier alpha value is -2.37. The molecular formula is C16H22N4O2. The number of aromatic nitrogens is 3. The first-order chi connectivity index (χ1) is 10.7. The molecule has 1 heterocycles. The third-order valence-corrected chi connectivity index (χ3v) is 3.46. The highest BCUT2D eigenvalue weighted by atomic mass is 16.5. The molecule has 22 heavy (non-hydrogen) atoms. The normalized spacial score (nSPS) is 10.5. The fourth-order valence-electron chi connectivity index (χ4n) is 2.29. The highest BCUT2D eigenvalue weighted by Crippen LogP contribution is 2.24. The number of carbonyl (C=O) groups excluding carboxylic acids is 1. The SMILES string of the molecule is CCCOC(=O)c1cc(-n2cnnc2)ccc1N(CC)CC. The number of anilines is 1. The van der Waals surface area contributed by atoms with Crippen LogP contribution in [0.3, 0.4) is 0 Å². The van der Waals surface area contributed by atoms with Gasteiger partial charge in [0.25, 0.3) is 0 Å². The van der Waals surface area contributed by atoms with Crippen molar-refractivity contribution in [2.75, 3.05) is 24.6 Å². The molecule has 118 valence electrons. The lowest BCUT2D eigenvalue weighted by molar-refractivity contribution is 0.0506. The van der Waals surface area contributed by atoms with E-state index in [1.165, 1.54) is 0 Å². The largest absolute Gasteiger partial charge is 0.462 e. The third kappa shape index (κ3) is 3.44. The number of hydrogen-bond donors (Lipinski definition) is 0. The van der Waals surface area contributed by atoms with Crippen molar-refractivity contribution in [2.24, 2.45) is 0 Å². The van der Waals surface area contributed by atoms with Gasteiger partial charge in [-0.2, -0.15) is 0 Å². The summed E-state index contributed by atoms with van der Waals surface area (Å²) in [7, 11) is 0. The van der Waals surface area contributed by atoms with Crippen molar-refractivity contribution < 1.29 is 9.53 Å². The summed E-state index contributed by atoms with van der Waals surface area (Å²) < 4.78 is 7.09. The minimum Gasteiger partial charge on any atom is -0.462 e. The van der Waals surface area contributed by atoms with Gasteiger partial charge < -0.3 is 9.64 Å². The van der Waals surface area contributed by atoms with Crippen molar-refractivity contribution in [2.45, 2.75) is 27.2 Å². The summed E-state index contributed by atoms with van der Waals surface area (Å²) in [5.74, 6) is -0.293. The molecule has 0 spiro atoms. The Morgan fingerprint density at radius 1 is 1.18 bits per heavy atom. The summed E-state index contributed by atoms with van der Waals surface area (Å²) in [5, 5.41) is 7.60. The Labute approximate surface area is 130 Å². The van der Waals surface area contributed by atoms with E-state index in [2.05, 4.69) is 28.9 Å². The van der Waals surface area contributed by atoms with Crippen molar-refractivity contribution in [1.82, 2.24) is 14.8 Å². The van der Waals surface area contributed by atoms with Gasteiger partial charge in [-0.1, -0.05) is 6.92 Å². The maximum atomic E-state index is 12.4. The van der Waals surface area contributed by atoms with Crippen molar-refractivity contribution in [3.8, 4) is 5.69 Å². The second-order valence-electron chi connectivity index (χ2n) is 4.88. The lowest BCUT2D eigenvalue weighted by Crippen LogP contribution is -2.24. The monoisotopic (exact) mass is 302 g/mol. The van der Waals surface area contributed by atoms with Gasteiger partial charge in [0.2, 0.25) is 0 Å². The molecule has 0 aliphatic carbocycles. The molecule has 2 aromatic rings. The van der Waals surface area contributed by atoms with Crippen LogP contribution >= 0.6 is 0 Å². The molecule has 6 heteroatoms. The molecule has 0 saturated heterocycles. The highest BCUT2D eigenvalue weighted by molar-refractivity contribution is 5.96. The van der Waals surface area contributed by atoms with Gasteiger partial charge in [-0.05, 0) is 38.5 Å². The minimum absolute atomic E-state index is 0.293. The van der Waals surface area contributed by atoms with Gasteiger partial charge in [-0.25, -0.2) is 4.79 Å². The van der Waals surface area contributed by atoms with E-state index in [4.69, 9.17) is 4.74 Å². The average molecular weight is 302 g/mol. The van der Waals surface area contributed by atoms with Crippen LogP contribution in [-0.4, -0.2) is 40.4 Å². The molecule has 6 nitrogen and oxygen atoms in total. The second kappa shape index (κ2) is 7.59. The van der Waals surface area contributed by atoms with Crippen LogP contribution < -0.4 is 4.90 Å². The number of rotatable bonds is 7. The van der Waals surface area contributed by atoms with E-state index >= 15 is 0 Å². The Morgan fingerprint density at radius 3 is 2.45 bits per heavy atom. The molecule has 0 aliphatic rings. The van der Waals surface area contributed by atoms with Crippen LogP contribution in [0.5, 0.6) is 0 Å². The van der Waals surface area contributed by atoms with Crippen molar-refractivity contribution >= 4 is 11.7 Å². The lowest BCUT2D eigenvalue weighted by Gasteiger charge is -2.24. The number of carbonyl (C=O) groups is 1. The van der Waals surface area contributed by atoms with E-state index in [1.54, 1.807) is 17.2 Å². The van der Waals surface area contributed by atoms with Crippen molar-refractivity contribution in [1.29, 1.82) is 0 Å². The van der Waals surface area contributed by atoms with Gasteiger partial charge in [0.05, 0.1) is 17.9 Å². The first-order valence-corrected chi connectivity index (χ1v) is 7.62. The number of ether oxygens (including phenoxy) is 1. The standard InChI is InChI=1S/C16H22N4O2/c1-4-9-22-16(21)14-10-13(20-11-17-18-12-20)7-8-15(14)19(5-2)6-3/h7-8,10-12H,4-6,9H2,1-3H3. The highest BCUT2D eigenvalue weighted by Gasteiger charge is 2.17. The summed E-state index contributed by atoms with van der Waals surface area (Å²) >= 11 is 0. The van der Waals surface area contributed by atoms with Gasteiger partial charge in [0, 0.05) is 18.8 Å². The molecule has 0 N–H and O–H groups in total. The van der Waals surface area contributed by atoms with Crippen LogP contribution in [-0.2, 0) is 4.74 Å². The fraction of sp³-hybridized carbons (Fsp3) is 0.438. The quantitative estimate of drug-likeness (QED) is 0.736. The first-order valence-electron chi connectivity index (χ1n) is 7.62. The van der Waals surface area contributed by atoms with Gasteiger partial charge in [-0.3, -0.25) is 4.57 Å². The molecule has 0 fully saturated rings. The summed E-state index contributed by atoms with van der Waals surface area (Å²) in [5.41, 5.74) is 2.30. The zero-order valence-electron chi connectivity index (χ0n) is 13.3. The zero-order valence-corrected chi connectivity index (χ0v) is 13.3. The number of benzene rings is 1. The van der Waals surface area contributed by atoms with Crippen LogP contribution in [0, 0.1) is 0 Å². The Bertz CT molecular complexity index is 607. The number of esters is 1. The van der Waals surface area contributed by atoms with Crippen LogP contribution in [0.2, 0.25) is 0 Å². The van der Waals surface area contributed by atoms with Gasteiger partial charge >= 0.3 is 5.97 Å². The average Bonchev–Trinajstić information content (AvgIpc) is 3.08.